The van der Waals surface area contributed by atoms with Gasteiger partial charge in [-0.1, -0.05) is 0 Å². The van der Waals surface area contributed by atoms with Crippen molar-refractivity contribution >= 4 is 22.3 Å². The number of hydrogen-bond acceptors (Lipinski definition) is 8. The largest absolute Gasteiger partial charge is 0.486 e. The molecule has 1 aliphatic heterocycles. The molecular weight excluding hydrogens is 541 g/mol. The number of benzene rings is 1. The first-order valence-corrected chi connectivity index (χ1v) is 12.1. The fraction of sp³-hybridized carbons (Fsp3) is 0.320. The molecule has 0 saturated heterocycles. The van der Waals surface area contributed by atoms with E-state index in [1.165, 1.54) is 31.5 Å². The van der Waals surface area contributed by atoms with Crippen LogP contribution in [-0.4, -0.2) is 50.1 Å². The number of aromatic nitrogens is 5. The third-order valence-corrected chi connectivity index (χ3v) is 6.26. The van der Waals surface area contributed by atoms with Gasteiger partial charge in [0, 0.05) is 18.7 Å². The summed E-state index contributed by atoms with van der Waals surface area (Å²) in [5, 5.41) is 11.0. The molecule has 0 amide bonds. The van der Waals surface area contributed by atoms with Crippen molar-refractivity contribution in [3.63, 3.8) is 0 Å². The zero-order chi connectivity index (χ0) is 28.6. The number of fused-ring (bicyclic) bond motifs is 2. The van der Waals surface area contributed by atoms with Gasteiger partial charge in [-0.3, -0.25) is 9.59 Å². The minimum absolute atomic E-state index is 0.00551. The molecule has 1 aliphatic rings. The molecule has 0 fully saturated rings. The average Bonchev–Trinajstić information content (AvgIpc) is 2.89. The summed E-state index contributed by atoms with van der Waals surface area (Å²) in [6.45, 7) is 1.99. The Kier molecular flexibility index (Phi) is 7.12. The number of hydrogen-bond donors (Lipinski definition) is 3. The molecule has 3 N–H and O–H groups in total. The van der Waals surface area contributed by atoms with Gasteiger partial charge in [-0.2, -0.15) is 18.3 Å². The Morgan fingerprint density at radius 1 is 1.23 bits per heavy atom. The maximum atomic E-state index is 15.1. The maximum absolute atomic E-state index is 15.1. The summed E-state index contributed by atoms with van der Waals surface area (Å²) in [7, 11) is 0. The first-order valence-electron chi connectivity index (χ1n) is 12.1. The number of anilines is 2. The Morgan fingerprint density at radius 2 is 2.02 bits per heavy atom. The number of halogens is 5. The van der Waals surface area contributed by atoms with Gasteiger partial charge in [0.15, 0.2) is 17.4 Å². The van der Waals surface area contributed by atoms with E-state index in [1.54, 1.807) is 5.10 Å². The molecule has 0 saturated carbocycles. The number of alkyl halides is 4. The first-order chi connectivity index (χ1) is 19.0. The fourth-order valence-corrected chi connectivity index (χ4v) is 4.47. The predicted octanol–water partition coefficient (Wildman–Crippen LogP) is 3.73. The Morgan fingerprint density at radius 3 is 2.80 bits per heavy atom. The van der Waals surface area contributed by atoms with Gasteiger partial charge in [0.2, 0.25) is 0 Å². The zero-order valence-electron chi connectivity index (χ0n) is 20.9. The van der Waals surface area contributed by atoms with E-state index in [0.717, 1.165) is 16.8 Å². The monoisotopic (exact) mass is 563 g/mol. The molecule has 1 aromatic carbocycles. The molecule has 2 atom stereocenters. The molecule has 210 valence electrons. The van der Waals surface area contributed by atoms with Crippen molar-refractivity contribution in [1.82, 2.24) is 24.7 Å². The summed E-state index contributed by atoms with van der Waals surface area (Å²) in [6.07, 6.45) is -3.33. The number of nitrogens with one attached hydrogen (secondary N) is 3. The minimum atomic E-state index is -4.95. The topological polar surface area (TPSA) is 127 Å². The highest BCUT2D eigenvalue weighted by Crippen LogP contribution is 2.32. The number of nitrogens with zero attached hydrogens (tertiary/aromatic N) is 4. The highest BCUT2D eigenvalue weighted by atomic mass is 19.4. The molecule has 40 heavy (non-hydrogen) atoms. The third-order valence-electron chi connectivity index (χ3n) is 6.26. The van der Waals surface area contributed by atoms with Crippen LogP contribution < -0.4 is 26.5 Å². The summed E-state index contributed by atoms with van der Waals surface area (Å²) >= 11 is 0. The van der Waals surface area contributed by atoms with E-state index >= 15 is 4.39 Å². The van der Waals surface area contributed by atoms with Crippen LogP contribution in [-0.2, 0) is 12.7 Å². The van der Waals surface area contributed by atoms with Gasteiger partial charge >= 0.3 is 6.18 Å². The van der Waals surface area contributed by atoms with Crippen LogP contribution in [0.25, 0.3) is 22.2 Å². The lowest BCUT2D eigenvalue weighted by atomic mass is 10.1. The van der Waals surface area contributed by atoms with Crippen LogP contribution in [0.15, 0.2) is 46.4 Å². The van der Waals surface area contributed by atoms with E-state index in [9.17, 15) is 27.2 Å². The summed E-state index contributed by atoms with van der Waals surface area (Å²) in [5.74, 6) is 0.212. The van der Waals surface area contributed by atoms with Gasteiger partial charge in [0.1, 0.15) is 24.2 Å². The van der Waals surface area contributed by atoms with Gasteiger partial charge in [-0.05, 0) is 30.5 Å². The highest BCUT2D eigenvalue weighted by Gasteiger charge is 2.37. The average molecular weight is 563 g/mol. The van der Waals surface area contributed by atoms with Crippen molar-refractivity contribution in [3.8, 4) is 17.1 Å². The second-order valence-corrected chi connectivity index (χ2v) is 9.24. The van der Waals surface area contributed by atoms with Crippen LogP contribution >= 0.6 is 0 Å². The Hall–Kier alpha value is -4.56. The number of aromatic amines is 1. The molecule has 0 aliphatic carbocycles. The van der Waals surface area contributed by atoms with Crippen LogP contribution in [0.1, 0.15) is 18.9 Å². The minimum Gasteiger partial charge on any atom is -0.486 e. The summed E-state index contributed by atoms with van der Waals surface area (Å²) in [6, 6.07) is 3.12. The lowest BCUT2D eigenvalue weighted by Crippen LogP contribution is -2.30. The number of ether oxygens (including phenoxy) is 1. The third kappa shape index (κ3) is 5.44. The molecule has 0 bridgehead atoms. The molecule has 0 radical (unpaired) electrons. The van der Waals surface area contributed by atoms with Crippen LogP contribution in [0.4, 0.5) is 33.5 Å². The smallest absolute Gasteiger partial charge is 0.423 e. The summed E-state index contributed by atoms with van der Waals surface area (Å²) in [4.78, 5) is 33.1. The van der Waals surface area contributed by atoms with Crippen molar-refractivity contribution < 1.29 is 26.7 Å². The van der Waals surface area contributed by atoms with E-state index in [-0.39, 0.29) is 23.2 Å². The lowest BCUT2D eigenvalue weighted by Gasteiger charge is -2.20. The van der Waals surface area contributed by atoms with Crippen LogP contribution in [0.5, 0.6) is 5.75 Å². The molecule has 0 unspecified atom stereocenters. The predicted molar refractivity (Wildman–Crippen MR) is 136 cm³/mol. The van der Waals surface area contributed by atoms with E-state index < -0.39 is 53.1 Å². The SMILES string of the molecule is C[C@H](C[C@H](F)Cn1ccc2cc(-c3ncc4c(n3)NCCO4)c(F)cc2c1=O)Nc1cn[nH]c(=O)c1C(F)(F)F. The van der Waals surface area contributed by atoms with Crippen LogP contribution in [0.3, 0.4) is 0 Å². The molecule has 3 aromatic heterocycles. The molecule has 4 aromatic rings. The Labute approximate surface area is 222 Å². The van der Waals surface area contributed by atoms with Gasteiger partial charge < -0.3 is 19.9 Å². The van der Waals surface area contributed by atoms with E-state index in [2.05, 4.69) is 25.7 Å². The fourth-order valence-electron chi connectivity index (χ4n) is 4.47. The van der Waals surface area contributed by atoms with E-state index in [1.807, 2.05) is 0 Å². The second-order valence-electron chi connectivity index (χ2n) is 9.24. The standard InChI is InChI=1S/C25H22F5N7O3/c1-12(34-18-9-33-36-23(38)20(18)25(28,29)30)6-14(26)11-37-4-2-13-7-16(17(27)8-15(13)24(37)39)21-32-10-19-22(35-21)31-3-5-40-19/h2,4,7-10,12,14H,3,5-6,11H2,1H3,(H,31,32,35)(H2,34,36,38)/t12-,14+/m1/s1. The number of pyridine rings is 1. The summed E-state index contributed by atoms with van der Waals surface area (Å²) in [5.41, 5.74) is -4.07. The summed E-state index contributed by atoms with van der Waals surface area (Å²) < 4.78 is 76.3. The number of rotatable bonds is 7. The van der Waals surface area contributed by atoms with Crippen molar-refractivity contribution in [3.05, 3.63) is 68.9 Å². The number of H-pyrrole nitrogens is 1. The Bertz CT molecular complexity index is 1690. The molecule has 5 rings (SSSR count). The van der Waals surface area contributed by atoms with Gasteiger partial charge in [-0.25, -0.2) is 23.8 Å². The van der Waals surface area contributed by atoms with Gasteiger partial charge in [-0.15, -0.1) is 0 Å². The van der Waals surface area contributed by atoms with Crippen molar-refractivity contribution in [2.45, 2.75) is 38.3 Å². The highest BCUT2D eigenvalue weighted by molar-refractivity contribution is 5.86. The lowest BCUT2D eigenvalue weighted by molar-refractivity contribution is -0.138. The van der Waals surface area contributed by atoms with Crippen molar-refractivity contribution in [2.75, 3.05) is 23.8 Å². The molecule has 0 spiro atoms. The van der Waals surface area contributed by atoms with Gasteiger partial charge in [0.05, 0.1) is 42.1 Å². The maximum Gasteiger partial charge on any atom is 0.423 e. The Balaban J connectivity index is 1.33. The normalized spacial score (nSPS) is 14.7. The van der Waals surface area contributed by atoms with Crippen LogP contribution in [0.2, 0.25) is 0 Å². The quantitative estimate of drug-likeness (QED) is 0.291. The molecule has 15 heteroatoms. The molecule has 10 nitrogen and oxygen atoms in total. The zero-order valence-corrected chi connectivity index (χ0v) is 20.9. The molecule has 4 heterocycles. The van der Waals surface area contributed by atoms with E-state index in [4.69, 9.17) is 4.74 Å². The van der Waals surface area contributed by atoms with E-state index in [0.29, 0.717) is 30.1 Å². The van der Waals surface area contributed by atoms with Gasteiger partial charge in [0.25, 0.3) is 11.1 Å². The van der Waals surface area contributed by atoms with Crippen molar-refractivity contribution in [1.29, 1.82) is 0 Å². The first kappa shape index (κ1) is 27.0. The van der Waals surface area contributed by atoms with Crippen molar-refractivity contribution in [2.24, 2.45) is 0 Å². The second kappa shape index (κ2) is 10.5. The van der Waals surface area contributed by atoms with Crippen LogP contribution in [0, 0.1) is 5.82 Å². The molecular formula is C25H22F5N7O3.